The van der Waals surface area contributed by atoms with Crippen LogP contribution < -0.4 is 29.6 Å². The Morgan fingerprint density at radius 1 is 1.43 bits per heavy atom. The van der Waals surface area contributed by atoms with Gasteiger partial charge in [-0.1, -0.05) is 0 Å². The third kappa shape index (κ3) is 119. The standard InChI is InChI=1S/ClHO.Na.H2O3S.H/c1-2;;1-4(2)3;/h2H;;(H2,1,2,3);/q;+1;;-1. The van der Waals surface area contributed by atoms with E-state index in [0.29, 0.717) is 0 Å². The van der Waals surface area contributed by atoms with Crippen LogP contribution in [0.3, 0.4) is 0 Å². The molecule has 0 aliphatic rings. The van der Waals surface area contributed by atoms with Crippen molar-refractivity contribution in [1.82, 2.24) is 0 Å². The van der Waals surface area contributed by atoms with E-state index >= 15 is 0 Å². The van der Waals surface area contributed by atoms with Gasteiger partial charge >= 0.3 is 29.6 Å². The van der Waals surface area contributed by atoms with Crippen molar-refractivity contribution < 1.29 is 49.0 Å². The van der Waals surface area contributed by atoms with Crippen molar-refractivity contribution in [1.29, 1.82) is 0 Å². The van der Waals surface area contributed by atoms with Gasteiger partial charge in [-0.2, -0.15) is 4.21 Å². The molecule has 0 aliphatic carbocycles. The summed E-state index contributed by atoms with van der Waals surface area (Å²) in [5.41, 5.74) is 0. The maximum atomic E-state index is 8.67. The molecule has 0 fully saturated rings. The van der Waals surface area contributed by atoms with E-state index in [-0.39, 0.29) is 31.0 Å². The van der Waals surface area contributed by atoms with Gasteiger partial charge in [0.15, 0.2) is 0 Å². The van der Waals surface area contributed by atoms with E-state index in [0.717, 1.165) is 0 Å². The summed E-state index contributed by atoms with van der Waals surface area (Å²) in [7, 11) is 0. The van der Waals surface area contributed by atoms with Crippen molar-refractivity contribution in [3.63, 3.8) is 0 Å². The Labute approximate surface area is 71.9 Å². The van der Waals surface area contributed by atoms with Crippen LogP contribution in [0.25, 0.3) is 0 Å². The van der Waals surface area contributed by atoms with E-state index in [1.54, 1.807) is 0 Å². The maximum Gasteiger partial charge on any atom is 1.00 e. The second-order valence-electron chi connectivity index (χ2n) is 0.231. The normalized spacial score (nSPS) is 5.86. The number of hydrogen-bond donors (Lipinski definition) is 3. The molecule has 0 aromatic rings. The second kappa shape index (κ2) is 15.7. The molecule has 4 nitrogen and oxygen atoms in total. The largest absolute Gasteiger partial charge is 1.00 e. The Kier molecular flexibility index (Phi) is 35.3. The molecule has 0 amide bonds. The summed E-state index contributed by atoms with van der Waals surface area (Å²) >= 11 is 1.03. The second-order valence-corrected chi connectivity index (χ2v) is 0.692. The molecule has 0 radical (unpaired) electrons. The molecule has 0 aliphatic heterocycles. The minimum absolute atomic E-state index is 0. The Hall–Kier alpha value is 1.32. The molecule has 0 atom stereocenters. The zero-order chi connectivity index (χ0) is 5.58. The van der Waals surface area contributed by atoms with Gasteiger partial charge < -0.3 is 1.43 Å². The van der Waals surface area contributed by atoms with E-state index in [1.807, 2.05) is 0 Å². The molecule has 0 saturated carbocycles. The third-order valence-corrected chi connectivity index (χ3v) is 0. The summed E-state index contributed by atoms with van der Waals surface area (Å²) in [6.45, 7) is 0. The van der Waals surface area contributed by atoms with Crippen LogP contribution in [0.15, 0.2) is 0 Å². The summed E-state index contributed by atoms with van der Waals surface area (Å²) in [6, 6.07) is 0. The predicted octanol–water partition coefficient (Wildman–Crippen LogP) is -3.07. The SMILES string of the molecule is O=S(O)O.OCl.[H-].[Na+]. The zero-order valence-electron chi connectivity index (χ0n) is 4.54. The van der Waals surface area contributed by atoms with Crippen LogP contribution >= 0.6 is 11.9 Å². The summed E-state index contributed by atoms with van der Waals surface area (Å²) in [5, 5.41) is 0. The van der Waals surface area contributed by atoms with Crippen molar-refractivity contribution in [2.45, 2.75) is 0 Å². The van der Waals surface area contributed by atoms with Crippen molar-refractivity contribution >= 4 is 23.2 Å². The van der Waals surface area contributed by atoms with E-state index < -0.39 is 11.4 Å². The summed E-state index contributed by atoms with van der Waals surface area (Å²) < 4.78 is 29.3. The minimum Gasteiger partial charge on any atom is -1.00 e. The predicted molar refractivity (Wildman–Crippen MR) is 22.6 cm³/mol. The fourth-order valence-corrected chi connectivity index (χ4v) is 0. The molecule has 0 heterocycles. The molecule has 0 aromatic heterocycles. The van der Waals surface area contributed by atoms with E-state index in [1.165, 1.54) is 0 Å². The van der Waals surface area contributed by atoms with Gasteiger partial charge in [-0.05, 0) is 0 Å². The van der Waals surface area contributed by atoms with Gasteiger partial charge in [0, 0.05) is 0 Å². The number of rotatable bonds is 0. The Bertz CT molecular complexity index is 39.0. The maximum absolute atomic E-state index is 8.67. The van der Waals surface area contributed by atoms with Crippen LogP contribution in [0, 0.1) is 0 Å². The average molecular weight is 159 g/mol. The van der Waals surface area contributed by atoms with Crippen LogP contribution in [0.5, 0.6) is 0 Å². The van der Waals surface area contributed by atoms with Crippen molar-refractivity contribution in [3.8, 4) is 0 Å². The molecular weight excluding hydrogens is 155 g/mol. The van der Waals surface area contributed by atoms with Crippen LogP contribution in [0.2, 0.25) is 0 Å². The first kappa shape index (κ1) is 15.8. The third-order valence-electron chi connectivity index (χ3n) is 0. The number of halogens is 1. The topological polar surface area (TPSA) is 77.8 Å². The van der Waals surface area contributed by atoms with Gasteiger partial charge in [0.1, 0.15) is 0 Å². The first-order valence-corrected chi connectivity index (χ1v) is 2.10. The number of hydrogen-bond acceptors (Lipinski definition) is 2. The van der Waals surface area contributed by atoms with Gasteiger partial charge in [-0.15, -0.1) is 0 Å². The summed E-state index contributed by atoms with van der Waals surface area (Å²) in [6.07, 6.45) is 0. The van der Waals surface area contributed by atoms with Gasteiger partial charge in [0.25, 0.3) is 11.4 Å². The Balaban J connectivity index is -0.0000000183. The monoisotopic (exact) mass is 158 g/mol. The molecule has 0 saturated heterocycles. The van der Waals surface area contributed by atoms with Crippen molar-refractivity contribution in [3.05, 3.63) is 0 Å². The first-order chi connectivity index (χ1) is 2.73. The smallest absolute Gasteiger partial charge is 1.00 e. The molecule has 0 bridgehead atoms. The van der Waals surface area contributed by atoms with Crippen LogP contribution in [-0.2, 0) is 11.4 Å². The van der Waals surface area contributed by atoms with Crippen molar-refractivity contribution in [2.75, 3.05) is 0 Å². The quantitative estimate of drug-likeness (QED) is 0.258. The van der Waals surface area contributed by atoms with Gasteiger partial charge in [-0.25, -0.2) is 0 Å². The fraction of sp³-hybridized carbons (Fsp3) is 0. The molecule has 3 N–H and O–H groups in total. The minimum atomic E-state index is -2.61. The van der Waals surface area contributed by atoms with Gasteiger partial charge in [-0.3, -0.25) is 13.8 Å². The zero-order valence-corrected chi connectivity index (χ0v) is 7.11. The van der Waals surface area contributed by atoms with E-state index in [2.05, 4.69) is 11.9 Å². The Morgan fingerprint density at radius 3 is 1.43 bits per heavy atom. The molecule has 42 valence electrons. The van der Waals surface area contributed by atoms with Gasteiger partial charge in [0.2, 0.25) is 0 Å². The van der Waals surface area contributed by atoms with E-state index in [4.69, 9.17) is 18.0 Å². The molecule has 0 aromatic carbocycles. The fourth-order valence-electron chi connectivity index (χ4n) is 0. The average Bonchev–Trinajstić information content (AvgIpc) is 1.41. The van der Waals surface area contributed by atoms with Crippen LogP contribution in [-0.4, -0.2) is 18.0 Å². The van der Waals surface area contributed by atoms with Crippen molar-refractivity contribution in [2.24, 2.45) is 0 Å². The van der Waals surface area contributed by atoms with Crippen LogP contribution in [0.1, 0.15) is 1.43 Å². The van der Waals surface area contributed by atoms with Crippen LogP contribution in [0.4, 0.5) is 0 Å². The molecular formula is H4ClNaO4S. The molecule has 0 rings (SSSR count). The molecule has 7 heteroatoms. The molecule has 0 spiro atoms. The summed E-state index contributed by atoms with van der Waals surface area (Å²) in [4.78, 5) is 0. The summed E-state index contributed by atoms with van der Waals surface area (Å²) in [5.74, 6) is 0. The Morgan fingerprint density at radius 2 is 1.43 bits per heavy atom. The van der Waals surface area contributed by atoms with E-state index in [9.17, 15) is 0 Å². The molecule has 7 heavy (non-hydrogen) atoms. The first-order valence-electron chi connectivity index (χ1n) is 0.701. The van der Waals surface area contributed by atoms with Gasteiger partial charge in [0.05, 0.1) is 11.9 Å². The molecule has 0 unspecified atom stereocenters.